The van der Waals surface area contributed by atoms with E-state index in [0.717, 1.165) is 38.2 Å². The number of piperidine rings is 1. The van der Waals surface area contributed by atoms with E-state index in [1.54, 1.807) is 6.07 Å². The number of nitrogens with zero attached hydrogens (tertiary/aromatic N) is 2. The van der Waals surface area contributed by atoms with E-state index < -0.39 is 0 Å². The summed E-state index contributed by atoms with van der Waals surface area (Å²) in [7, 11) is 0. The van der Waals surface area contributed by atoms with E-state index in [2.05, 4.69) is 17.2 Å². The van der Waals surface area contributed by atoms with E-state index in [1.165, 1.54) is 0 Å². The van der Waals surface area contributed by atoms with Gasteiger partial charge in [0.1, 0.15) is 5.69 Å². The van der Waals surface area contributed by atoms with Crippen LogP contribution in [0.3, 0.4) is 0 Å². The van der Waals surface area contributed by atoms with E-state index in [-0.39, 0.29) is 5.91 Å². The van der Waals surface area contributed by atoms with Gasteiger partial charge in [-0.05, 0) is 38.4 Å². The van der Waals surface area contributed by atoms with Crippen LogP contribution in [-0.2, 0) is 0 Å². The van der Waals surface area contributed by atoms with Crippen molar-refractivity contribution in [3.63, 3.8) is 0 Å². The lowest BCUT2D eigenvalue weighted by atomic mass is 10.1. The topological polar surface area (TPSA) is 45.2 Å². The molecule has 0 aromatic carbocycles. The molecule has 0 radical (unpaired) electrons. The van der Waals surface area contributed by atoms with Crippen molar-refractivity contribution in [2.75, 3.05) is 19.6 Å². The molecule has 4 nitrogen and oxygen atoms in total. The summed E-state index contributed by atoms with van der Waals surface area (Å²) in [4.78, 5) is 18.6. The van der Waals surface area contributed by atoms with Crippen molar-refractivity contribution in [3.05, 3.63) is 29.6 Å². The maximum absolute atomic E-state index is 12.3. The van der Waals surface area contributed by atoms with Crippen LogP contribution in [0.15, 0.2) is 18.2 Å². The number of aryl methyl sites for hydroxylation is 1. The van der Waals surface area contributed by atoms with Crippen LogP contribution in [0, 0.1) is 6.92 Å². The summed E-state index contributed by atoms with van der Waals surface area (Å²) in [5.41, 5.74) is 1.45. The van der Waals surface area contributed by atoms with Gasteiger partial charge in [0.2, 0.25) is 0 Å². The van der Waals surface area contributed by atoms with Gasteiger partial charge in [0, 0.05) is 24.8 Å². The highest BCUT2D eigenvalue weighted by Crippen LogP contribution is 2.13. The Morgan fingerprint density at radius 2 is 2.39 bits per heavy atom. The molecular formula is C14H21N3O. The molecule has 1 fully saturated rings. The van der Waals surface area contributed by atoms with Gasteiger partial charge >= 0.3 is 0 Å². The summed E-state index contributed by atoms with van der Waals surface area (Å²) >= 11 is 0. The quantitative estimate of drug-likeness (QED) is 0.882. The zero-order valence-corrected chi connectivity index (χ0v) is 11.1. The minimum atomic E-state index is 0.0568. The predicted octanol–water partition coefficient (Wildman–Crippen LogP) is 1.60. The molecule has 98 valence electrons. The molecule has 0 saturated carbocycles. The number of carbonyl (C=O) groups excluding carboxylic acids is 1. The maximum atomic E-state index is 12.3. The Morgan fingerprint density at radius 1 is 1.56 bits per heavy atom. The number of aromatic nitrogens is 1. The molecule has 1 N–H and O–H groups in total. The highest BCUT2D eigenvalue weighted by Gasteiger charge is 2.24. The molecule has 18 heavy (non-hydrogen) atoms. The molecule has 1 saturated heterocycles. The second-order valence-electron chi connectivity index (χ2n) is 4.81. The largest absolute Gasteiger partial charge is 0.336 e. The van der Waals surface area contributed by atoms with Crippen LogP contribution in [0.4, 0.5) is 0 Å². The molecule has 1 unspecified atom stereocenters. The van der Waals surface area contributed by atoms with Crippen molar-refractivity contribution in [2.24, 2.45) is 0 Å². The van der Waals surface area contributed by atoms with Gasteiger partial charge in [-0.15, -0.1) is 0 Å². The summed E-state index contributed by atoms with van der Waals surface area (Å²) in [5.74, 6) is 0.0568. The van der Waals surface area contributed by atoms with E-state index in [4.69, 9.17) is 0 Å². The number of rotatable bonds is 3. The summed E-state index contributed by atoms with van der Waals surface area (Å²) in [6, 6.07) is 6.03. The normalized spacial score (nSPS) is 19.9. The van der Waals surface area contributed by atoms with Gasteiger partial charge < -0.3 is 10.2 Å². The van der Waals surface area contributed by atoms with E-state index in [9.17, 15) is 4.79 Å². The molecule has 2 heterocycles. The predicted molar refractivity (Wildman–Crippen MR) is 71.6 cm³/mol. The Balaban J connectivity index is 2.04. The first-order valence-electron chi connectivity index (χ1n) is 6.67. The molecule has 0 spiro atoms. The number of hydrogen-bond donors (Lipinski definition) is 1. The molecule has 1 aliphatic heterocycles. The molecule has 0 aliphatic carbocycles. The Kier molecular flexibility index (Phi) is 4.31. The van der Waals surface area contributed by atoms with Crippen molar-refractivity contribution < 1.29 is 4.79 Å². The smallest absolute Gasteiger partial charge is 0.272 e. The van der Waals surface area contributed by atoms with Crippen LogP contribution in [0.5, 0.6) is 0 Å². The standard InChI is InChI=1S/C14H21N3O/c1-3-15-12-7-5-9-17(10-12)14(18)13-8-4-6-11(2)16-13/h4,6,8,12,15H,3,5,7,9-10H2,1-2H3. The lowest BCUT2D eigenvalue weighted by molar-refractivity contribution is 0.0689. The summed E-state index contributed by atoms with van der Waals surface area (Å²) in [6.45, 7) is 6.60. The molecule has 4 heteroatoms. The molecule has 1 amide bonds. The first-order valence-corrected chi connectivity index (χ1v) is 6.67. The maximum Gasteiger partial charge on any atom is 0.272 e. The molecule has 1 aromatic heterocycles. The molecule has 2 rings (SSSR count). The minimum Gasteiger partial charge on any atom is -0.336 e. The lowest BCUT2D eigenvalue weighted by Gasteiger charge is -2.33. The van der Waals surface area contributed by atoms with Gasteiger partial charge in [-0.2, -0.15) is 0 Å². The first-order chi connectivity index (χ1) is 8.70. The number of nitrogens with one attached hydrogen (secondary N) is 1. The number of likely N-dealkylation sites (N-methyl/N-ethyl adjacent to an activating group) is 1. The zero-order valence-electron chi connectivity index (χ0n) is 11.1. The third kappa shape index (κ3) is 3.07. The van der Waals surface area contributed by atoms with Crippen LogP contribution in [0.25, 0.3) is 0 Å². The second-order valence-corrected chi connectivity index (χ2v) is 4.81. The first kappa shape index (κ1) is 13.0. The van der Waals surface area contributed by atoms with E-state index in [0.29, 0.717) is 11.7 Å². The number of pyridine rings is 1. The average Bonchev–Trinajstić information content (AvgIpc) is 2.39. The third-order valence-corrected chi connectivity index (χ3v) is 3.31. The second kappa shape index (κ2) is 5.96. The molecule has 0 bridgehead atoms. The lowest BCUT2D eigenvalue weighted by Crippen LogP contribution is -2.48. The minimum absolute atomic E-state index is 0.0568. The number of likely N-dealkylation sites (tertiary alicyclic amines) is 1. The fourth-order valence-corrected chi connectivity index (χ4v) is 2.44. The van der Waals surface area contributed by atoms with Crippen LogP contribution in [0.1, 0.15) is 35.9 Å². The van der Waals surface area contributed by atoms with Crippen molar-refractivity contribution in [1.82, 2.24) is 15.2 Å². The van der Waals surface area contributed by atoms with Gasteiger partial charge in [0.05, 0.1) is 0 Å². The highest BCUT2D eigenvalue weighted by molar-refractivity contribution is 5.92. The Hall–Kier alpha value is -1.42. The highest BCUT2D eigenvalue weighted by atomic mass is 16.2. The summed E-state index contributed by atoms with van der Waals surface area (Å²) in [6.07, 6.45) is 2.22. The Bertz CT molecular complexity index is 417. The van der Waals surface area contributed by atoms with Crippen LogP contribution >= 0.6 is 0 Å². The van der Waals surface area contributed by atoms with Gasteiger partial charge in [0.15, 0.2) is 0 Å². The molecule has 1 atom stereocenters. The van der Waals surface area contributed by atoms with Crippen LogP contribution < -0.4 is 5.32 Å². The summed E-state index contributed by atoms with van der Waals surface area (Å²) in [5, 5.41) is 3.42. The zero-order chi connectivity index (χ0) is 13.0. The fourth-order valence-electron chi connectivity index (χ4n) is 2.44. The molecular weight excluding hydrogens is 226 g/mol. The van der Waals surface area contributed by atoms with Crippen molar-refractivity contribution in [3.8, 4) is 0 Å². The van der Waals surface area contributed by atoms with Gasteiger partial charge in [-0.1, -0.05) is 13.0 Å². The van der Waals surface area contributed by atoms with Crippen molar-refractivity contribution in [1.29, 1.82) is 0 Å². The third-order valence-electron chi connectivity index (χ3n) is 3.31. The Labute approximate surface area is 108 Å². The van der Waals surface area contributed by atoms with Gasteiger partial charge in [-0.25, -0.2) is 4.98 Å². The summed E-state index contributed by atoms with van der Waals surface area (Å²) < 4.78 is 0. The van der Waals surface area contributed by atoms with E-state index >= 15 is 0 Å². The van der Waals surface area contributed by atoms with Gasteiger partial charge in [0.25, 0.3) is 5.91 Å². The molecule has 1 aromatic rings. The van der Waals surface area contributed by atoms with E-state index in [1.807, 2.05) is 24.0 Å². The van der Waals surface area contributed by atoms with Crippen LogP contribution in [0.2, 0.25) is 0 Å². The van der Waals surface area contributed by atoms with Crippen LogP contribution in [-0.4, -0.2) is 41.5 Å². The van der Waals surface area contributed by atoms with Crippen molar-refractivity contribution >= 4 is 5.91 Å². The SMILES string of the molecule is CCNC1CCCN(C(=O)c2cccc(C)n2)C1. The monoisotopic (exact) mass is 247 g/mol. The number of hydrogen-bond acceptors (Lipinski definition) is 3. The number of carbonyl (C=O) groups is 1. The van der Waals surface area contributed by atoms with Gasteiger partial charge in [-0.3, -0.25) is 4.79 Å². The fraction of sp³-hybridized carbons (Fsp3) is 0.571. The average molecular weight is 247 g/mol. The van der Waals surface area contributed by atoms with Crippen molar-refractivity contribution in [2.45, 2.75) is 32.7 Å². The number of amides is 1. The molecule has 1 aliphatic rings. The Morgan fingerprint density at radius 3 is 3.11 bits per heavy atom.